The van der Waals surface area contributed by atoms with Crippen LogP contribution in [-0.2, 0) is 11.3 Å². The van der Waals surface area contributed by atoms with Gasteiger partial charge in [0.1, 0.15) is 0 Å². The van der Waals surface area contributed by atoms with Crippen molar-refractivity contribution in [3.05, 3.63) is 48.6 Å². The van der Waals surface area contributed by atoms with E-state index in [2.05, 4.69) is 6.58 Å². The zero-order valence-electron chi connectivity index (χ0n) is 9.73. The van der Waals surface area contributed by atoms with Crippen molar-refractivity contribution in [2.24, 2.45) is 0 Å². The molecule has 0 atom stereocenters. The van der Waals surface area contributed by atoms with Gasteiger partial charge in [-0.2, -0.15) is 0 Å². The molecule has 0 aromatic heterocycles. The molecule has 15 heavy (non-hydrogen) atoms. The van der Waals surface area contributed by atoms with E-state index in [1.807, 2.05) is 44.2 Å². The number of likely N-dealkylation sites (N-methyl/N-ethyl adjacent to an activating group) is 1. The monoisotopic (exact) mass is 205 g/mol. The van der Waals surface area contributed by atoms with Crippen LogP contribution >= 0.6 is 0 Å². The summed E-state index contributed by atoms with van der Waals surface area (Å²) in [6, 6.07) is 9.86. The Hall–Kier alpha value is -1.57. The van der Waals surface area contributed by atoms with E-state index in [-0.39, 0.29) is 5.91 Å². The van der Waals surface area contributed by atoms with Crippen molar-refractivity contribution in [1.29, 1.82) is 0 Å². The fraction of sp³-hybridized carbons (Fsp3) is 0.308. The van der Waals surface area contributed by atoms with Gasteiger partial charge in [-0.1, -0.05) is 50.8 Å². The molecule has 82 valence electrons. The lowest BCUT2D eigenvalue weighted by Crippen LogP contribution is -2.23. The molecule has 0 aliphatic carbocycles. The predicted octanol–water partition coefficient (Wildman–Crippen LogP) is 2.86. The molecular formula is C13H19NO. The number of amides is 1. The summed E-state index contributed by atoms with van der Waals surface area (Å²) in [6.07, 6.45) is 1.32. The standard InChI is InChI=1S/C11H13NO.C2H6/c1-3-11(13)12(2)9-10-7-5-4-6-8-10;1-2/h3-8H,1,9H2,2H3;1-2H3. The third kappa shape index (κ3) is 5.01. The maximum atomic E-state index is 11.1. The molecule has 1 aromatic rings. The van der Waals surface area contributed by atoms with E-state index in [0.29, 0.717) is 6.54 Å². The van der Waals surface area contributed by atoms with Gasteiger partial charge in [0.25, 0.3) is 0 Å². The Bertz CT molecular complexity index is 293. The average molecular weight is 205 g/mol. The first kappa shape index (κ1) is 13.4. The minimum Gasteiger partial charge on any atom is -0.338 e. The van der Waals surface area contributed by atoms with Gasteiger partial charge >= 0.3 is 0 Å². The van der Waals surface area contributed by atoms with Crippen molar-refractivity contribution in [3.8, 4) is 0 Å². The topological polar surface area (TPSA) is 20.3 Å². The molecule has 0 N–H and O–H groups in total. The number of hydrogen-bond donors (Lipinski definition) is 0. The summed E-state index contributed by atoms with van der Waals surface area (Å²) >= 11 is 0. The number of carbonyl (C=O) groups is 1. The molecule has 0 bridgehead atoms. The Morgan fingerprint density at radius 2 is 1.87 bits per heavy atom. The number of carbonyl (C=O) groups excluding carboxylic acids is 1. The molecule has 0 aliphatic heterocycles. The van der Waals surface area contributed by atoms with Gasteiger partial charge in [-0.05, 0) is 11.6 Å². The van der Waals surface area contributed by atoms with Gasteiger partial charge in [-0.25, -0.2) is 0 Å². The normalized spacial score (nSPS) is 8.47. The SMILES string of the molecule is C=CC(=O)N(C)Cc1ccccc1.CC. The molecule has 0 heterocycles. The summed E-state index contributed by atoms with van der Waals surface area (Å²) in [5.74, 6) is -0.0520. The van der Waals surface area contributed by atoms with Crippen LogP contribution in [0.2, 0.25) is 0 Å². The summed E-state index contributed by atoms with van der Waals surface area (Å²) in [6.45, 7) is 8.06. The van der Waals surface area contributed by atoms with Crippen molar-refractivity contribution < 1.29 is 4.79 Å². The second kappa shape index (κ2) is 7.80. The van der Waals surface area contributed by atoms with Crippen molar-refractivity contribution in [3.63, 3.8) is 0 Å². The zero-order chi connectivity index (χ0) is 11.7. The molecular weight excluding hydrogens is 186 g/mol. The first-order valence-electron chi connectivity index (χ1n) is 5.15. The Balaban J connectivity index is 0.000000921. The second-order valence-electron chi connectivity index (χ2n) is 2.88. The molecule has 0 saturated heterocycles. The minimum atomic E-state index is -0.0520. The highest BCUT2D eigenvalue weighted by atomic mass is 16.2. The molecule has 0 spiro atoms. The summed E-state index contributed by atoms with van der Waals surface area (Å²) in [4.78, 5) is 12.8. The highest BCUT2D eigenvalue weighted by Gasteiger charge is 2.03. The number of nitrogens with zero attached hydrogens (tertiary/aromatic N) is 1. The van der Waals surface area contributed by atoms with Gasteiger partial charge in [0.15, 0.2) is 0 Å². The third-order valence-electron chi connectivity index (χ3n) is 1.81. The van der Waals surface area contributed by atoms with Gasteiger partial charge < -0.3 is 4.90 Å². The van der Waals surface area contributed by atoms with Gasteiger partial charge in [0.2, 0.25) is 5.91 Å². The van der Waals surface area contributed by atoms with Crippen LogP contribution in [0.4, 0.5) is 0 Å². The van der Waals surface area contributed by atoms with Gasteiger partial charge in [0.05, 0.1) is 0 Å². The van der Waals surface area contributed by atoms with Crippen molar-refractivity contribution in [2.75, 3.05) is 7.05 Å². The molecule has 1 amide bonds. The number of benzene rings is 1. The summed E-state index contributed by atoms with van der Waals surface area (Å²) < 4.78 is 0. The first-order chi connectivity index (χ1) is 7.24. The lowest BCUT2D eigenvalue weighted by atomic mass is 10.2. The van der Waals surface area contributed by atoms with Crippen molar-refractivity contribution >= 4 is 5.91 Å². The number of rotatable bonds is 3. The maximum absolute atomic E-state index is 11.1. The lowest BCUT2D eigenvalue weighted by molar-refractivity contribution is -0.125. The van der Waals surface area contributed by atoms with E-state index < -0.39 is 0 Å². The van der Waals surface area contributed by atoms with Crippen molar-refractivity contribution in [1.82, 2.24) is 4.90 Å². The van der Waals surface area contributed by atoms with Crippen LogP contribution in [0.25, 0.3) is 0 Å². The van der Waals surface area contributed by atoms with Crippen LogP contribution in [-0.4, -0.2) is 17.9 Å². The van der Waals surface area contributed by atoms with E-state index >= 15 is 0 Å². The number of hydrogen-bond acceptors (Lipinski definition) is 1. The molecule has 0 aliphatic rings. The molecule has 0 saturated carbocycles. The zero-order valence-corrected chi connectivity index (χ0v) is 9.73. The maximum Gasteiger partial charge on any atom is 0.245 e. The quantitative estimate of drug-likeness (QED) is 0.695. The molecule has 2 heteroatoms. The van der Waals surface area contributed by atoms with E-state index in [9.17, 15) is 4.79 Å². The summed E-state index contributed by atoms with van der Waals surface area (Å²) in [5, 5.41) is 0. The largest absolute Gasteiger partial charge is 0.338 e. The van der Waals surface area contributed by atoms with E-state index in [4.69, 9.17) is 0 Å². The van der Waals surface area contributed by atoms with Gasteiger partial charge in [-0.3, -0.25) is 4.79 Å². The predicted molar refractivity (Wildman–Crippen MR) is 64.5 cm³/mol. The smallest absolute Gasteiger partial charge is 0.245 e. The van der Waals surface area contributed by atoms with Crippen LogP contribution in [0.5, 0.6) is 0 Å². The highest BCUT2D eigenvalue weighted by Crippen LogP contribution is 2.02. The Labute approximate surface area is 92.2 Å². The first-order valence-corrected chi connectivity index (χ1v) is 5.15. The minimum absolute atomic E-state index is 0.0520. The molecule has 0 fully saturated rings. The highest BCUT2D eigenvalue weighted by molar-refractivity contribution is 5.86. The third-order valence-corrected chi connectivity index (χ3v) is 1.81. The lowest BCUT2D eigenvalue weighted by Gasteiger charge is -2.14. The molecule has 0 radical (unpaired) electrons. The Kier molecular flexibility index (Phi) is 6.98. The van der Waals surface area contributed by atoms with E-state index in [1.165, 1.54) is 6.08 Å². The fourth-order valence-corrected chi connectivity index (χ4v) is 1.09. The van der Waals surface area contributed by atoms with E-state index in [0.717, 1.165) is 5.56 Å². The van der Waals surface area contributed by atoms with Crippen LogP contribution in [0, 0.1) is 0 Å². The average Bonchev–Trinajstić information content (AvgIpc) is 2.32. The molecule has 1 rings (SSSR count). The van der Waals surface area contributed by atoms with Gasteiger partial charge in [-0.15, -0.1) is 0 Å². The second-order valence-corrected chi connectivity index (χ2v) is 2.88. The summed E-state index contributed by atoms with van der Waals surface area (Å²) in [7, 11) is 1.76. The van der Waals surface area contributed by atoms with Gasteiger partial charge in [0, 0.05) is 13.6 Å². The van der Waals surface area contributed by atoms with Crippen LogP contribution in [0.15, 0.2) is 43.0 Å². The van der Waals surface area contributed by atoms with Crippen LogP contribution < -0.4 is 0 Å². The molecule has 1 aromatic carbocycles. The van der Waals surface area contributed by atoms with Crippen LogP contribution in [0.1, 0.15) is 19.4 Å². The van der Waals surface area contributed by atoms with Crippen LogP contribution in [0.3, 0.4) is 0 Å². The fourth-order valence-electron chi connectivity index (χ4n) is 1.09. The molecule has 2 nitrogen and oxygen atoms in total. The Morgan fingerprint density at radius 3 is 2.33 bits per heavy atom. The van der Waals surface area contributed by atoms with E-state index in [1.54, 1.807) is 11.9 Å². The molecule has 0 unspecified atom stereocenters. The summed E-state index contributed by atoms with van der Waals surface area (Å²) in [5.41, 5.74) is 1.13. The Morgan fingerprint density at radius 1 is 1.33 bits per heavy atom. The van der Waals surface area contributed by atoms with Crippen molar-refractivity contribution in [2.45, 2.75) is 20.4 Å².